The van der Waals surface area contributed by atoms with Gasteiger partial charge in [0.2, 0.25) is 0 Å². The maximum Gasteiger partial charge on any atom is 0.166 e. The van der Waals surface area contributed by atoms with Crippen LogP contribution in [0.1, 0.15) is 17.5 Å². The van der Waals surface area contributed by atoms with Gasteiger partial charge in [0.25, 0.3) is 0 Å². The number of hydrogen-bond acceptors (Lipinski definition) is 5. The molecule has 5 heteroatoms. The first-order chi connectivity index (χ1) is 12.3. The maximum absolute atomic E-state index is 9.68. The molecule has 2 heterocycles. The van der Waals surface area contributed by atoms with E-state index in [4.69, 9.17) is 9.47 Å². The highest BCUT2D eigenvalue weighted by molar-refractivity contribution is 5.81. The summed E-state index contributed by atoms with van der Waals surface area (Å²) in [6.45, 7) is 1.81. The third-order valence-electron chi connectivity index (χ3n) is 4.27. The maximum atomic E-state index is 9.68. The van der Waals surface area contributed by atoms with Crippen molar-refractivity contribution in [2.75, 3.05) is 18.5 Å². The Morgan fingerprint density at radius 2 is 1.88 bits per heavy atom. The van der Waals surface area contributed by atoms with Crippen LogP contribution in [0.4, 0.5) is 5.82 Å². The predicted octanol–water partition coefficient (Wildman–Crippen LogP) is 3.50. The van der Waals surface area contributed by atoms with Crippen molar-refractivity contribution in [2.24, 2.45) is 0 Å². The predicted molar refractivity (Wildman–Crippen MR) is 97.0 cm³/mol. The molecule has 0 radical (unpaired) electrons. The van der Waals surface area contributed by atoms with Gasteiger partial charge in [-0.2, -0.15) is 0 Å². The molecule has 25 heavy (non-hydrogen) atoms. The molecule has 4 rings (SSSR count). The molecule has 0 aliphatic carbocycles. The second kappa shape index (κ2) is 6.99. The van der Waals surface area contributed by atoms with Crippen LogP contribution in [0.15, 0.2) is 48.5 Å². The number of aromatic nitrogens is 1. The van der Waals surface area contributed by atoms with Crippen molar-refractivity contribution in [3.63, 3.8) is 0 Å². The van der Waals surface area contributed by atoms with Gasteiger partial charge in [0.05, 0.1) is 25.3 Å². The first-order valence-corrected chi connectivity index (χ1v) is 8.46. The minimum absolute atomic E-state index is 0.0628. The van der Waals surface area contributed by atoms with Crippen molar-refractivity contribution in [1.29, 1.82) is 0 Å². The summed E-state index contributed by atoms with van der Waals surface area (Å²) in [6, 6.07) is 15.8. The lowest BCUT2D eigenvalue weighted by atomic mass is 10.1. The van der Waals surface area contributed by atoms with E-state index in [0.717, 1.165) is 39.9 Å². The second-order valence-electron chi connectivity index (χ2n) is 6.00. The summed E-state index contributed by atoms with van der Waals surface area (Å²) < 4.78 is 11.6. The average Bonchev–Trinajstić information content (AvgIpc) is 2.91. The number of nitrogens with one attached hydrogen (secondary N) is 1. The zero-order valence-electron chi connectivity index (χ0n) is 13.9. The van der Waals surface area contributed by atoms with Gasteiger partial charge >= 0.3 is 0 Å². The van der Waals surface area contributed by atoms with Crippen LogP contribution in [0.25, 0.3) is 10.9 Å². The van der Waals surface area contributed by atoms with Gasteiger partial charge in [-0.25, -0.2) is 4.98 Å². The summed E-state index contributed by atoms with van der Waals surface area (Å²) in [5.41, 5.74) is 2.69. The topological polar surface area (TPSA) is 63.6 Å². The monoisotopic (exact) mass is 336 g/mol. The van der Waals surface area contributed by atoms with E-state index < -0.39 is 0 Å². The van der Waals surface area contributed by atoms with Crippen LogP contribution >= 0.6 is 0 Å². The zero-order valence-corrected chi connectivity index (χ0v) is 13.9. The molecule has 0 unspecified atom stereocenters. The van der Waals surface area contributed by atoms with E-state index in [1.165, 1.54) is 0 Å². The fourth-order valence-electron chi connectivity index (χ4n) is 3.01. The minimum Gasteiger partial charge on any atom is -0.490 e. The van der Waals surface area contributed by atoms with E-state index in [1.807, 2.05) is 48.5 Å². The standard InChI is InChI=1S/C20H20N2O3/c23-13-16-11-14-5-1-2-7-17(14)22-20(16)21-12-15-6-3-8-18-19(15)25-10-4-9-24-18/h1-3,5-8,11,23H,4,9-10,12-13H2,(H,21,22). The third kappa shape index (κ3) is 3.23. The smallest absolute Gasteiger partial charge is 0.166 e. The number of ether oxygens (including phenoxy) is 2. The summed E-state index contributed by atoms with van der Waals surface area (Å²) in [5, 5.41) is 14.0. The van der Waals surface area contributed by atoms with Crippen molar-refractivity contribution in [3.05, 3.63) is 59.7 Å². The zero-order chi connectivity index (χ0) is 17.1. The van der Waals surface area contributed by atoms with E-state index >= 15 is 0 Å². The number of hydrogen-bond donors (Lipinski definition) is 2. The Morgan fingerprint density at radius 1 is 1.00 bits per heavy atom. The minimum atomic E-state index is -0.0628. The Labute approximate surface area is 146 Å². The molecule has 2 N–H and O–H groups in total. The fourth-order valence-corrected chi connectivity index (χ4v) is 3.01. The molecule has 0 fully saturated rings. The molecule has 0 amide bonds. The van der Waals surface area contributed by atoms with Crippen LogP contribution in [-0.4, -0.2) is 23.3 Å². The van der Waals surface area contributed by atoms with Crippen LogP contribution in [0.3, 0.4) is 0 Å². The number of nitrogens with zero attached hydrogens (tertiary/aromatic N) is 1. The van der Waals surface area contributed by atoms with Crippen molar-refractivity contribution in [3.8, 4) is 11.5 Å². The number of rotatable bonds is 4. The van der Waals surface area contributed by atoms with Gasteiger partial charge in [-0.1, -0.05) is 30.3 Å². The average molecular weight is 336 g/mol. The van der Waals surface area contributed by atoms with Gasteiger partial charge in [-0.3, -0.25) is 0 Å². The van der Waals surface area contributed by atoms with Gasteiger partial charge in [0.1, 0.15) is 5.82 Å². The van der Waals surface area contributed by atoms with Crippen molar-refractivity contribution in [2.45, 2.75) is 19.6 Å². The highest BCUT2D eigenvalue weighted by atomic mass is 16.5. The number of pyridine rings is 1. The quantitative estimate of drug-likeness (QED) is 0.763. The Hall–Kier alpha value is -2.79. The number of fused-ring (bicyclic) bond motifs is 2. The molecule has 0 saturated carbocycles. The summed E-state index contributed by atoms with van der Waals surface area (Å²) in [4.78, 5) is 4.65. The van der Waals surface area contributed by atoms with Crippen molar-refractivity contribution < 1.29 is 14.6 Å². The summed E-state index contributed by atoms with van der Waals surface area (Å²) >= 11 is 0. The summed E-state index contributed by atoms with van der Waals surface area (Å²) in [6.07, 6.45) is 0.877. The molecular weight excluding hydrogens is 316 g/mol. The number of aliphatic hydroxyl groups excluding tert-OH is 1. The van der Waals surface area contributed by atoms with E-state index in [2.05, 4.69) is 10.3 Å². The second-order valence-corrected chi connectivity index (χ2v) is 6.00. The first kappa shape index (κ1) is 15.7. The number of para-hydroxylation sites is 2. The summed E-state index contributed by atoms with van der Waals surface area (Å²) in [7, 11) is 0. The SMILES string of the molecule is OCc1cc2ccccc2nc1NCc1cccc2c1OCCCO2. The van der Waals surface area contributed by atoms with Crippen LogP contribution in [0.2, 0.25) is 0 Å². The lowest BCUT2D eigenvalue weighted by Gasteiger charge is -2.15. The van der Waals surface area contributed by atoms with Crippen LogP contribution in [0.5, 0.6) is 11.5 Å². The van der Waals surface area contributed by atoms with Gasteiger partial charge in [0.15, 0.2) is 11.5 Å². The van der Waals surface area contributed by atoms with Crippen molar-refractivity contribution in [1.82, 2.24) is 4.98 Å². The largest absolute Gasteiger partial charge is 0.490 e. The summed E-state index contributed by atoms with van der Waals surface area (Å²) in [5.74, 6) is 2.26. The Balaban J connectivity index is 1.62. The number of benzene rings is 2. The molecule has 5 nitrogen and oxygen atoms in total. The molecule has 2 aromatic carbocycles. The molecule has 0 bridgehead atoms. The third-order valence-corrected chi connectivity index (χ3v) is 4.27. The van der Waals surface area contributed by atoms with Crippen LogP contribution < -0.4 is 14.8 Å². The molecule has 1 aliphatic rings. The van der Waals surface area contributed by atoms with E-state index in [1.54, 1.807) is 0 Å². The van der Waals surface area contributed by atoms with E-state index in [-0.39, 0.29) is 6.61 Å². The first-order valence-electron chi connectivity index (χ1n) is 8.46. The molecule has 0 saturated heterocycles. The Bertz CT molecular complexity index is 895. The van der Waals surface area contributed by atoms with E-state index in [9.17, 15) is 5.11 Å². The molecule has 128 valence electrons. The molecule has 0 atom stereocenters. The van der Waals surface area contributed by atoms with Crippen LogP contribution in [-0.2, 0) is 13.2 Å². The normalized spacial score (nSPS) is 13.5. The molecular formula is C20H20N2O3. The lowest BCUT2D eigenvalue weighted by molar-refractivity contribution is 0.282. The fraction of sp³-hybridized carbons (Fsp3) is 0.250. The number of aliphatic hydroxyl groups is 1. The molecule has 1 aromatic heterocycles. The Morgan fingerprint density at radius 3 is 2.80 bits per heavy atom. The molecule has 3 aromatic rings. The Kier molecular flexibility index (Phi) is 4.39. The van der Waals surface area contributed by atoms with Gasteiger partial charge in [0, 0.05) is 29.5 Å². The van der Waals surface area contributed by atoms with E-state index in [0.29, 0.717) is 25.6 Å². The lowest BCUT2D eigenvalue weighted by Crippen LogP contribution is -2.07. The highest BCUT2D eigenvalue weighted by Gasteiger charge is 2.15. The number of anilines is 1. The van der Waals surface area contributed by atoms with Gasteiger partial charge in [-0.05, 0) is 18.2 Å². The van der Waals surface area contributed by atoms with Crippen LogP contribution in [0, 0.1) is 0 Å². The highest BCUT2D eigenvalue weighted by Crippen LogP contribution is 2.33. The molecule has 1 aliphatic heterocycles. The van der Waals surface area contributed by atoms with Crippen molar-refractivity contribution >= 4 is 16.7 Å². The van der Waals surface area contributed by atoms with Gasteiger partial charge in [-0.15, -0.1) is 0 Å². The molecule has 0 spiro atoms. The van der Waals surface area contributed by atoms with Gasteiger partial charge < -0.3 is 19.9 Å².